The van der Waals surface area contributed by atoms with Crippen LogP contribution in [0.15, 0.2) is 24.3 Å². The summed E-state index contributed by atoms with van der Waals surface area (Å²) in [5.41, 5.74) is 8.59. The second-order valence-corrected chi connectivity index (χ2v) is 4.14. The number of aryl methyl sites for hydroxylation is 2. The molecule has 0 aliphatic carbocycles. The van der Waals surface area contributed by atoms with Crippen LogP contribution >= 0.6 is 0 Å². The Morgan fingerprint density at radius 3 is 2.47 bits per heavy atom. The molecule has 2 aromatic rings. The van der Waals surface area contributed by atoms with Crippen molar-refractivity contribution in [1.29, 1.82) is 0 Å². The standard InChI is InChI=1S/C15H17N3O/c1-4-18-15(16)14(11(2)17-18)10-7-12-5-8-13(19-3)9-6-12/h5-6,8-9H,4,16H2,1-3H3. The summed E-state index contributed by atoms with van der Waals surface area (Å²) in [6.07, 6.45) is 0. The normalized spacial score (nSPS) is 9.84. The number of nitrogen functional groups attached to an aromatic ring is 1. The molecule has 0 saturated heterocycles. The fourth-order valence-corrected chi connectivity index (χ4v) is 1.80. The highest BCUT2D eigenvalue weighted by molar-refractivity contribution is 5.56. The number of hydrogen-bond donors (Lipinski definition) is 1. The monoisotopic (exact) mass is 255 g/mol. The Labute approximate surface area is 113 Å². The van der Waals surface area contributed by atoms with E-state index in [0.717, 1.165) is 29.1 Å². The van der Waals surface area contributed by atoms with Crippen molar-refractivity contribution in [3.05, 3.63) is 41.1 Å². The number of aromatic nitrogens is 2. The second kappa shape index (κ2) is 5.49. The Balaban J connectivity index is 2.30. The van der Waals surface area contributed by atoms with E-state index in [-0.39, 0.29) is 0 Å². The summed E-state index contributed by atoms with van der Waals surface area (Å²) in [5, 5.41) is 4.34. The third kappa shape index (κ3) is 2.71. The van der Waals surface area contributed by atoms with Crippen molar-refractivity contribution >= 4 is 5.82 Å². The molecule has 1 aromatic carbocycles. The molecule has 0 fully saturated rings. The van der Waals surface area contributed by atoms with Gasteiger partial charge in [0.1, 0.15) is 11.6 Å². The van der Waals surface area contributed by atoms with Crippen LogP contribution in [0.25, 0.3) is 0 Å². The van der Waals surface area contributed by atoms with Gasteiger partial charge in [-0.15, -0.1) is 0 Å². The number of hydrogen-bond acceptors (Lipinski definition) is 3. The number of ether oxygens (including phenoxy) is 1. The number of nitrogens with two attached hydrogens (primary N) is 1. The molecule has 4 heteroatoms. The fourth-order valence-electron chi connectivity index (χ4n) is 1.80. The first kappa shape index (κ1) is 13.0. The molecule has 98 valence electrons. The van der Waals surface area contributed by atoms with Gasteiger partial charge in [0.15, 0.2) is 0 Å². The van der Waals surface area contributed by atoms with E-state index in [4.69, 9.17) is 10.5 Å². The average molecular weight is 255 g/mol. The van der Waals surface area contributed by atoms with E-state index in [1.807, 2.05) is 38.1 Å². The number of nitrogens with zero attached hydrogens (tertiary/aromatic N) is 2. The third-order valence-corrected chi connectivity index (χ3v) is 2.89. The Bertz CT molecular complexity index is 630. The lowest BCUT2D eigenvalue weighted by Crippen LogP contribution is -2.02. The van der Waals surface area contributed by atoms with Crippen LogP contribution in [0.2, 0.25) is 0 Å². The van der Waals surface area contributed by atoms with E-state index >= 15 is 0 Å². The molecule has 4 nitrogen and oxygen atoms in total. The zero-order valence-corrected chi connectivity index (χ0v) is 11.4. The molecule has 0 atom stereocenters. The lowest BCUT2D eigenvalue weighted by Gasteiger charge is -1.98. The van der Waals surface area contributed by atoms with Gasteiger partial charge in [-0.05, 0) is 38.1 Å². The summed E-state index contributed by atoms with van der Waals surface area (Å²) in [6, 6.07) is 7.61. The zero-order valence-electron chi connectivity index (χ0n) is 11.4. The maximum atomic E-state index is 6.00. The summed E-state index contributed by atoms with van der Waals surface area (Å²) >= 11 is 0. The van der Waals surface area contributed by atoms with Crippen LogP contribution in [0.4, 0.5) is 5.82 Å². The smallest absolute Gasteiger partial charge is 0.137 e. The molecular formula is C15H17N3O. The van der Waals surface area contributed by atoms with Crippen LogP contribution in [-0.4, -0.2) is 16.9 Å². The molecule has 2 N–H and O–H groups in total. The van der Waals surface area contributed by atoms with Crippen LogP contribution in [0.3, 0.4) is 0 Å². The minimum absolute atomic E-state index is 0.626. The van der Waals surface area contributed by atoms with Crippen molar-refractivity contribution in [2.75, 3.05) is 12.8 Å². The highest BCUT2D eigenvalue weighted by Gasteiger charge is 2.08. The maximum Gasteiger partial charge on any atom is 0.137 e. The third-order valence-electron chi connectivity index (χ3n) is 2.89. The first-order chi connectivity index (χ1) is 9.15. The second-order valence-electron chi connectivity index (χ2n) is 4.14. The lowest BCUT2D eigenvalue weighted by molar-refractivity contribution is 0.415. The number of rotatable bonds is 2. The Morgan fingerprint density at radius 1 is 1.26 bits per heavy atom. The largest absolute Gasteiger partial charge is 0.497 e. The molecule has 1 heterocycles. The molecule has 0 saturated carbocycles. The van der Waals surface area contributed by atoms with Gasteiger partial charge in [-0.25, -0.2) is 4.68 Å². The lowest BCUT2D eigenvalue weighted by atomic mass is 10.2. The van der Waals surface area contributed by atoms with E-state index in [9.17, 15) is 0 Å². The quantitative estimate of drug-likeness (QED) is 0.837. The van der Waals surface area contributed by atoms with Crippen LogP contribution in [0.5, 0.6) is 5.75 Å². The Kier molecular flexibility index (Phi) is 3.76. The maximum absolute atomic E-state index is 6.00. The topological polar surface area (TPSA) is 53.1 Å². The molecule has 0 amide bonds. The summed E-state index contributed by atoms with van der Waals surface area (Å²) in [4.78, 5) is 0. The highest BCUT2D eigenvalue weighted by atomic mass is 16.5. The average Bonchev–Trinajstić information content (AvgIpc) is 2.72. The molecular weight excluding hydrogens is 238 g/mol. The van der Waals surface area contributed by atoms with E-state index < -0.39 is 0 Å². The Morgan fingerprint density at radius 2 is 1.95 bits per heavy atom. The number of methoxy groups -OCH3 is 1. The molecule has 0 bridgehead atoms. The van der Waals surface area contributed by atoms with Gasteiger partial charge in [-0.2, -0.15) is 5.10 Å². The molecule has 0 unspecified atom stereocenters. The molecule has 1 aromatic heterocycles. The van der Waals surface area contributed by atoms with Crippen molar-refractivity contribution < 1.29 is 4.74 Å². The van der Waals surface area contributed by atoms with Crippen LogP contribution in [0.1, 0.15) is 23.7 Å². The van der Waals surface area contributed by atoms with Gasteiger partial charge in [0.2, 0.25) is 0 Å². The van der Waals surface area contributed by atoms with Crippen molar-refractivity contribution in [3.63, 3.8) is 0 Å². The molecule has 2 rings (SSSR count). The van der Waals surface area contributed by atoms with Gasteiger partial charge in [-0.1, -0.05) is 11.8 Å². The van der Waals surface area contributed by atoms with Gasteiger partial charge in [-0.3, -0.25) is 0 Å². The van der Waals surface area contributed by atoms with Crippen LogP contribution in [0, 0.1) is 18.8 Å². The van der Waals surface area contributed by atoms with E-state index in [1.54, 1.807) is 11.8 Å². The number of benzene rings is 1. The van der Waals surface area contributed by atoms with Crippen molar-refractivity contribution in [2.24, 2.45) is 0 Å². The van der Waals surface area contributed by atoms with Crippen LogP contribution in [-0.2, 0) is 6.54 Å². The molecule has 19 heavy (non-hydrogen) atoms. The molecule has 0 aliphatic rings. The summed E-state index contributed by atoms with van der Waals surface area (Å²) < 4.78 is 6.86. The van der Waals surface area contributed by atoms with Gasteiger partial charge in [0, 0.05) is 12.1 Å². The van der Waals surface area contributed by atoms with E-state index in [1.165, 1.54) is 0 Å². The van der Waals surface area contributed by atoms with Crippen molar-refractivity contribution in [1.82, 2.24) is 9.78 Å². The predicted octanol–water partition coefficient (Wildman–Crippen LogP) is 2.20. The Hall–Kier alpha value is -2.41. The summed E-state index contributed by atoms with van der Waals surface area (Å²) in [6.45, 7) is 4.67. The van der Waals surface area contributed by atoms with Gasteiger partial charge < -0.3 is 10.5 Å². The predicted molar refractivity (Wildman–Crippen MR) is 76.0 cm³/mol. The highest BCUT2D eigenvalue weighted by Crippen LogP contribution is 2.15. The van der Waals surface area contributed by atoms with Crippen molar-refractivity contribution in [3.8, 4) is 17.6 Å². The minimum atomic E-state index is 0.626. The summed E-state index contributed by atoms with van der Waals surface area (Å²) in [5.74, 6) is 7.63. The minimum Gasteiger partial charge on any atom is -0.497 e. The SMILES string of the molecule is CCn1nc(C)c(C#Cc2ccc(OC)cc2)c1N. The summed E-state index contributed by atoms with van der Waals surface area (Å²) in [7, 11) is 1.64. The van der Waals surface area contributed by atoms with Gasteiger partial charge in [0.25, 0.3) is 0 Å². The molecule has 0 aliphatic heterocycles. The van der Waals surface area contributed by atoms with Crippen molar-refractivity contribution in [2.45, 2.75) is 20.4 Å². The van der Waals surface area contributed by atoms with E-state index in [0.29, 0.717) is 5.82 Å². The first-order valence-corrected chi connectivity index (χ1v) is 6.14. The molecule has 0 radical (unpaired) electrons. The fraction of sp³-hybridized carbons (Fsp3) is 0.267. The number of anilines is 1. The first-order valence-electron chi connectivity index (χ1n) is 6.14. The van der Waals surface area contributed by atoms with Gasteiger partial charge >= 0.3 is 0 Å². The van der Waals surface area contributed by atoms with E-state index in [2.05, 4.69) is 16.9 Å². The van der Waals surface area contributed by atoms with Gasteiger partial charge in [0.05, 0.1) is 18.4 Å². The zero-order chi connectivity index (χ0) is 13.8. The van der Waals surface area contributed by atoms with Crippen LogP contribution < -0.4 is 10.5 Å². The molecule has 0 spiro atoms.